The lowest BCUT2D eigenvalue weighted by Crippen LogP contribution is -2.44. The first-order valence-electron chi connectivity index (χ1n) is 7.92. The van der Waals surface area contributed by atoms with Gasteiger partial charge in [-0.2, -0.15) is 0 Å². The maximum absolute atomic E-state index is 12.1. The Morgan fingerprint density at radius 3 is 2.62 bits per heavy atom. The standard InChI is InChI=1S/C15H19N3O7S/c1-26(22,23)18-5-4-17(15(18)21)14(20)16-9-11(19)10-2-3-12-13(8-10)25-7-6-24-12/h2-3,8,11,19H,4-7,9H2,1H3,(H,16,20). The monoisotopic (exact) mass is 385 g/mol. The average Bonchev–Trinajstić information content (AvgIpc) is 3.00. The Balaban J connectivity index is 1.59. The summed E-state index contributed by atoms with van der Waals surface area (Å²) in [6.07, 6.45) is -0.128. The SMILES string of the molecule is CS(=O)(=O)N1CCN(C(=O)NCC(O)c2ccc3c(c2)OCCO3)C1=O. The first-order chi connectivity index (χ1) is 12.3. The van der Waals surface area contributed by atoms with E-state index in [1.807, 2.05) is 0 Å². The van der Waals surface area contributed by atoms with Gasteiger partial charge < -0.3 is 19.9 Å². The number of rotatable bonds is 4. The molecule has 1 saturated heterocycles. The average molecular weight is 385 g/mol. The molecule has 11 heteroatoms. The maximum Gasteiger partial charge on any atom is 0.341 e. The Kier molecular flexibility index (Phi) is 4.92. The molecule has 1 fully saturated rings. The molecule has 1 unspecified atom stereocenters. The van der Waals surface area contributed by atoms with E-state index in [1.54, 1.807) is 18.2 Å². The third-order valence-corrected chi connectivity index (χ3v) is 5.15. The molecule has 1 aromatic rings. The third-order valence-electron chi connectivity index (χ3n) is 4.01. The van der Waals surface area contributed by atoms with Gasteiger partial charge in [0.1, 0.15) is 13.2 Å². The number of urea groups is 2. The molecular weight excluding hydrogens is 366 g/mol. The van der Waals surface area contributed by atoms with Crippen molar-refractivity contribution >= 4 is 22.1 Å². The first-order valence-corrected chi connectivity index (χ1v) is 9.77. The predicted molar refractivity (Wildman–Crippen MR) is 89.4 cm³/mol. The summed E-state index contributed by atoms with van der Waals surface area (Å²) in [6, 6.07) is 3.27. The number of ether oxygens (including phenoxy) is 2. The summed E-state index contributed by atoms with van der Waals surface area (Å²) in [6.45, 7) is 0.589. The number of nitrogens with zero attached hydrogens (tertiary/aromatic N) is 2. The van der Waals surface area contributed by atoms with Gasteiger partial charge in [0, 0.05) is 6.54 Å². The summed E-state index contributed by atoms with van der Waals surface area (Å²) < 4.78 is 34.4. The molecule has 4 amide bonds. The molecule has 2 N–H and O–H groups in total. The van der Waals surface area contributed by atoms with E-state index in [0.29, 0.717) is 34.6 Å². The molecule has 10 nitrogen and oxygen atoms in total. The molecule has 0 bridgehead atoms. The number of sulfonamides is 1. The smallest absolute Gasteiger partial charge is 0.341 e. The van der Waals surface area contributed by atoms with Gasteiger partial charge in [-0.25, -0.2) is 27.2 Å². The summed E-state index contributed by atoms with van der Waals surface area (Å²) in [7, 11) is -3.71. The predicted octanol–water partition coefficient (Wildman–Crippen LogP) is -0.102. The van der Waals surface area contributed by atoms with Gasteiger partial charge in [-0.1, -0.05) is 6.07 Å². The number of benzene rings is 1. The molecule has 0 spiro atoms. The van der Waals surface area contributed by atoms with Crippen molar-refractivity contribution in [2.45, 2.75) is 6.10 Å². The number of aliphatic hydroxyl groups excluding tert-OH is 1. The lowest BCUT2D eigenvalue weighted by Gasteiger charge is -2.21. The van der Waals surface area contributed by atoms with Crippen LogP contribution in [0.5, 0.6) is 11.5 Å². The Morgan fingerprint density at radius 2 is 1.96 bits per heavy atom. The van der Waals surface area contributed by atoms with E-state index < -0.39 is 28.2 Å². The van der Waals surface area contributed by atoms with Crippen LogP contribution in [-0.4, -0.2) is 73.9 Å². The zero-order valence-corrected chi connectivity index (χ0v) is 14.9. The topological polar surface area (TPSA) is 125 Å². The van der Waals surface area contributed by atoms with Gasteiger partial charge in [0.2, 0.25) is 10.0 Å². The molecule has 1 aromatic carbocycles. The molecule has 0 saturated carbocycles. The minimum Gasteiger partial charge on any atom is -0.486 e. The van der Waals surface area contributed by atoms with E-state index in [1.165, 1.54) is 0 Å². The van der Waals surface area contributed by atoms with Crippen LogP contribution in [0.3, 0.4) is 0 Å². The van der Waals surface area contributed by atoms with Gasteiger partial charge in [-0.05, 0) is 17.7 Å². The van der Waals surface area contributed by atoms with Crippen molar-refractivity contribution in [2.75, 3.05) is 39.1 Å². The van der Waals surface area contributed by atoms with Gasteiger partial charge in [-0.15, -0.1) is 0 Å². The Bertz CT molecular complexity index is 827. The summed E-state index contributed by atoms with van der Waals surface area (Å²) in [5, 5.41) is 12.7. The number of hydrogen-bond acceptors (Lipinski definition) is 7. The molecule has 2 heterocycles. The summed E-state index contributed by atoms with van der Waals surface area (Å²) in [5.74, 6) is 1.09. The van der Waals surface area contributed by atoms with Crippen LogP contribution in [0.1, 0.15) is 11.7 Å². The van der Waals surface area contributed by atoms with E-state index in [2.05, 4.69) is 5.32 Å². The van der Waals surface area contributed by atoms with Crippen LogP contribution in [0.15, 0.2) is 18.2 Å². The maximum atomic E-state index is 12.1. The van der Waals surface area contributed by atoms with Crippen molar-refractivity contribution in [3.05, 3.63) is 23.8 Å². The molecular formula is C15H19N3O7S. The van der Waals surface area contributed by atoms with Crippen LogP contribution >= 0.6 is 0 Å². The number of aliphatic hydroxyl groups is 1. The van der Waals surface area contributed by atoms with Crippen LogP contribution < -0.4 is 14.8 Å². The largest absolute Gasteiger partial charge is 0.486 e. The second kappa shape index (κ2) is 7.00. The first kappa shape index (κ1) is 18.3. The summed E-state index contributed by atoms with van der Waals surface area (Å²) in [4.78, 5) is 24.9. The van der Waals surface area contributed by atoms with Crippen molar-refractivity contribution in [2.24, 2.45) is 0 Å². The van der Waals surface area contributed by atoms with Crippen molar-refractivity contribution < 1.29 is 32.6 Å². The van der Waals surface area contributed by atoms with Crippen LogP contribution in [0, 0.1) is 0 Å². The molecule has 3 rings (SSSR count). The fourth-order valence-electron chi connectivity index (χ4n) is 2.68. The van der Waals surface area contributed by atoms with Gasteiger partial charge in [0.25, 0.3) is 0 Å². The molecule has 142 valence electrons. The van der Waals surface area contributed by atoms with Crippen LogP contribution in [0.4, 0.5) is 9.59 Å². The summed E-state index contributed by atoms with van der Waals surface area (Å²) in [5.41, 5.74) is 0.514. The van der Waals surface area contributed by atoms with Gasteiger partial charge in [0.05, 0.1) is 25.4 Å². The molecule has 0 radical (unpaired) electrons. The fraction of sp³-hybridized carbons (Fsp3) is 0.467. The zero-order valence-electron chi connectivity index (χ0n) is 14.0. The number of hydrogen-bond donors (Lipinski definition) is 2. The Labute approximate surface area is 150 Å². The minimum atomic E-state index is -3.71. The number of imide groups is 1. The highest BCUT2D eigenvalue weighted by atomic mass is 32.2. The molecule has 2 aliphatic rings. The van der Waals surface area contributed by atoms with E-state index in [0.717, 1.165) is 11.2 Å². The fourth-order valence-corrected chi connectivity index (χ4v) is 3.47. The lowest BCUT2D eigenvalue weighted by atomic mass is 10.1. The molecule has 1 atom stereocenters. The van der Waals surface area contributed by atoms with Gasteiger partial charge >= 0.3 is 12.1 Å². The van der Waals surface area contributed by atoms with Crippen molar-refractivity contribution in [1.82, 2.24) is 14.5 Å². The van der Waals surface area contributed by atoms with E-state index in [-0.39, 0.29) is 19.6 Å². The summed E-state index contributed by atoms with van der Waals surface area (Å²) >= 11 is 0. The van der Waals surface area contributed by atoms with Gasteiger partial charge in [-0.3, -0.25) is 0 Å². The van der Waals surface area contributed by atoms with Crippen LogP contribution in [-0.2, 0) is 10.0 Å². The molecule has 2 aliphatic heterocycles. The highest BCUT2D eigenvalue weighted by Gasteiger charge is 2.38. The number of carbonyl (C=O) groups is 2. The van der Waals surface area contributed by atoms with Gasteiger partial charge in [0.15, 0.2) is 11.5 Å². The number of fused-ring (bicyclic) bond motifs is 1. The zero-order chi connectivity index (χ0) is 18.9. The second-order valence-electron chi connectivity index (χ2n) is 5.87. The van der Waals surface area contributed by atoms with E-state index in [4.69, 9.17) is 9.47 Å². The van der Waals surface area contributed by atoms with Crippen molar-refractivity contribution in [1.29, 1.82) is 0 Å². The second-order valence-corrected chi connectivity index (χ2v) is 7.78. The molecule has 0 aromatic heterocycles. The quantitative estimate of drug-likeness (QED) is 0.741. The number of nitrogens with one attached hydrogen (secondary N) is 1. The number of carbonyl (C=O) groups excluding carboxylic acids is 2. The number of amides is 4. The highest BCUT2D eigenvalue weighted by Crippen LogP contribution is 2.32. The van der Waals surface area contributed by atoms with Crippen molar-refractivity contribution in [3.63, 3.8) is 0 Å². The normalized spacial score (nSPS) is 18.0. The lowest BCUT2D eigenvalue weighted by molar-refractivity contribution is 0.159. The molecule has 0 aliphatic carbocycles. The van der Waals surface area contributed by atoms with Crippen molar-refractivity contribution in [3.8, 4) is 11.5 Å². The Hall–Kier alpha value is -2.53. The third kappa shape index (κ3) is 3.68. The molecule has 26 heavy (non-hydrogen) atoms. The Morgan fingerprint density at radius 1 is 1.27 bits per heavy atom. The van der Waals surface area contributed by atoms with E-state index in [9.17, 15) is 23.1 Å². The van der Waals surface area contributed by atoms with Crippen LogP contribution in [0.2, 0.25) is 0 Å². The van der Waals surface area contributed by atoms with Crippen LogP contribution in [0.25, 0.3) is 0 Å². The van der Waals surface area contributed by atoms with E-state index >= 15 is 0 Å². The minimum absolute atomic E-state index is 0.0438. The highest BCUT2D eigenvalue weighted by molar-refractivity contribution is 7.88.